The van der Waals surface area contributed by atoms with E-state index in [1.54, 1.807) is 7.05 Å². The van der Waals surface area contributed by atoms with Gasteiger partial charge in [-0.15, -0.1) is 0 Å². The maximum atomic E-state index is 11.5. The van der Waals surface area contributed by atoms with Gasteiger partial charge in [-0.3, -0.25) is 4.79 Å². The van der Waals surface area contributed by atoms with Gasteiger partial charge in [-0.05, 0) is 12.8 Å². The summed E-state index contributed by atoms with van der Waals surface area (Å²) in [6.45, 7) is 0. The molecule has 0 unspecified atom stereocenters. The number of rotatable bonds is 1. The minimum Gasteiger partial charge on any atom is -0.358 e. The first-order valence-electron chi connectivity index (χ1n) is 4.88. The Hall–Kier alpha value is -1.04. The van der Waals surface area contributed by atoms with Crippen molar-refractivity contribution in [2.24, 2.45) is 5.41 Å². The molecule has 0 heterocycles. The number of nitrogens with zero attached hydrogens (tertiary/aromatic N) is 1. The molecule has 1 aliphatic carbocycles. The summed E-state index contributed by atoms with van der Waals surface area (Å²) < 4.78 is 0. The number of hydrogen-bond donors (Lipinski definition) is 1. The summed E-state index contributed by atoms with van der Waals surface area (Å²) in [5.74, 6) is -0.100. The molecule has 0 atom stereocenters. The van der Waals surface area contributed by atoms with Crippen molar-refractivity contribution >= 4 is 5.91 Å². The Balaban J connectivity index is 2.78. The van der Waals surface area contributed by atoms with Gasteiger partial charge in [0.1, 0.15) is 5.41 Å². The summed E-state index contributed by atoms with van der Waals surface area (Å²) in [6.07, 6.45) is 5.76. The average Bonchev–Trinajstić information content (AvgIpc) is 2.42. The number of nitriles is 1. The van der Waals surface area contributed by atoms with E-state index in [1.807, 2.05) is 0 Å². The van der Waals surface area contributed by atoms with Gasteiger partial charge in [0.2, 0.25) is 5.91 Å². The molecule has 0 spiro atoms. The van der Waals surface area contributed by atoms with Crippen LogP contribution in [0.1, 0.15) is 38.5 Å². The van der Waals surface area contributed by atoms with Crippen molar-refractivity contribution in [1.82, 2.24) is 5.32 Å². The summed E-state index contributed by atoms with van der Waals surface area (Å²) in [6, 6.07) is 2.20. The van der Waals surface area contributed by atoms with Crippen LogP contribution in [-0.4, -0.2) is 13.0 Å². The Morgan fingerprint density at radius 3 is 2.23 bits per heavy atom. The lowest BCUT2D eigenvalue weighted by Crippen LogP contribution is -2.37. The van der Waals surface area contributed by atoms with Crippen molar-refractivity contribution in [2.45, 2.75) is 38.5 Å². The molecule has 13 heavy (non-hydrogen) atoms. The molecule has 1 N–H and O–H groups in total. The molecule has 0 aromatic heterocycles. The number of hydrogen-bond acceptors (Lipinski definition) is 2. The van der Waals surface area contributed by atoms with Gasteiger partial charge in [0.25, 0.3) is 0 Å². The summed E-state index contributed by atoms with van der Waals surface area (Å²) in [4.78, 5) is 11.5. The van der Waals surface area contributed by atoms with Crippen molar-refractivity contribution in [3.63, 3.8) is 0 Å². The fourth-order valence-electron chi connectivity index (χ4n) is 1.96. The van der Waals surface area contributed by atoms with E-state index in [1.165, 1.54) is 0 Å². The zero-order chi connectivity index (χ0) is 9.73. The molecule has 3 heteroatoms. The maximum Gasteiger partial charge on any atom is 0.240 e. The van der Waals surface area contributed by atoms with Crippen LogP contribution in [0, 0.1) is 16.7 Å². The first-order chi connectivity index (χ1) is 6.25. The Bertz CT molecular complexity index is 222. The molecular formula is C10H16N2O. The average molecular weight is 180 g/mol. The Morgan fingerprint density at radius 2 is 1.85 bits per heavy atom. The van der Waals surface area contributed by atoms with Crippen LogP contribution in [0.25, 0.3) is 0 Å². The third kappa shape index (κ3) is 2.00. The second kappa shape index (κ2) is 4.27. The van der Waals surface area contributed by atoms with Gasteiger partial charge < -0.3 is 5.32 Å². The van der Waals surface area contributed by atoms with Gasteiger partial charge in [-0.25, -0.2) is 0 Å². The third-order valence-electron chi connectivity index (χ3n) is 2.83. The van der Waals surface area contributed by atoms with Gasteiger partial charge in [0.05, 0.1) is 6.07 Å². The van der Waals surface area contributed by atoms with Gasteiger partial charge >= 0.3 is 0 Å². The predicted molar refractivity (Wildman–Crippen MR) is 49.8 cm³/mol. The molecule has 0 bridgehead atoms. The van der Waals surface area contributed by atoms with Crippen molar-refractivity contribution < 1.29 is 4.79 Å². The van der Waals surface area contributed by atoms with Crippen LogP contribution in [0.3, 0.4) is 0 Å². The van der Waals surface area contributed by atoms with E-state index >= 15 is 0 Å². The van der Waals surface area contributed by atoms with Crippen molar-refractivity contribution in [3.8, 4) is 6.07 Å². The van der Waals surface area contributed by atoms with Gasteiger partial charge in [-0.1, -0.05) is 25.7 Å². The number of nitrogens with one attached hydrogen (secondary N) is 1. The zero-order valence-corrected chi connectivity index (χ0v) is 8.10. The molecule has 0 aliphatic heterocycles. The van der Waals surface area contributed by atoms with Crippen LogP contribution in [-0.2, 0) is 4.79 Å². The Kier molecular flexibility index (Phi) is 3.30. The van der Waals surface area contributed by atoms with Crippen LogP contribution in [0.2, 0.25) is 0 Å². The second-order valence-electron chi connectivity index (χ2n) is 3.69. The van der Waals surface area contributed by atoms with Crippen molar-refractivity contribution in [1.29, 1.82) is 5.26 Å². The lowest BCUT2D eigenvalue weighted by molar-refractivity contribution is -0.128. The fraction of sp³-hybridized carbons (Fsp3) is 0.800. The second-order valence-corrected chi connectivity index (χ2v) is 3.69. The minimum atomic E-state index is -0.731. The predicted octanol–water partition coefficient (Wildman–Crippen LogP) is 1.60. The van der Waals surface area contributed by atoms with E-state index in [0.717, 1.165) is 38.5 Å². The maximum absolute atomic E-state index is 11.5. The molecule has 1 aliphatic rings. The topological polar surface area (TPSA) is 52.9 Å². The zero-order valence-electron chi connectivity index (χ0n) is 8.10. The molecule has 0 aromatic carbocycles. The fourth-order valence-corrected chi connectivity index (χ4v) is 1.96. The van der Waals surface area contributed by atoms with E-state index in [9.17, 15) is 4.79 Å². The molecular weight excluding hydrogens is 164 g/mol. The molecule has 1 rings (SSSR count). The van der Waals surface area contributed by atoms with Gasteiger partial charge in [0.15, 0.2) is 0 Å². The monoisotopic (exact) mass is 180 g/mol. The highest BCUT2D eigenvalue weighted by Crippen LogP contribution is 2.34. The SMILES string of the molecule is CNC(=O)C1(C#N)CCCCCC1. The summed E-state index contributed by atoms with van der Waals surface area (Å²) in [5.41, 5.74) is -0.731. The van der Waals surface area contributed by atoms with E-state index in [0.29, 0.717) is 0 Å². The van der Waals surface area contributed by atoms with Crippen molar-refractivity contribution in [3.05, 3.63) is 0 Å². The van der Waals surface area contributed by atoms with Crippen LogP contribution in [0.5, 0.6) is 0 Å². The van der Waals surface area contributed by atoms with Crippen LogP contribution < -0.4 is 5.32 Å². The lowest BCUT2D eigenvalue weighted by Gasteiger charge is -2.22. The van der Waals surface area contributed by atoms with E-state index in [2.05, 4.69) is 11.4 Å². The van der Waals surface area contributed by atoms with E-state index < -0.39 is 5.41 Å². The molecule has 1 amide bonds. The molecule has 0 radical (unpaired) electrons. The Labute approximate surface area is 79.1 Å². The van der Waals surface area contributed by atoms with Crippen LogP contribution in [0.15, 0.2) is 0 Å². The summed E-state index contributed by atoms with van der Waals surface area (Å²) in [7, 11) is 1.60. The highest BCUT2D eigenvalue weighted by atomic mass is 16.2. The molecule has 3 nitrogen and oxygen atoms in total. The Morgan fingerprint density at radius 1 is 1.31 bits per heavy atom. The number of carbonyl (C=O) groups excluding carboxylic acids is 1. The quantitative estimate of drug-likeness (QED) is 0.623. The highest BCUT2D eigenvalue weighted by molar-refractivity contribution is 5.85. The van der Waals surface area contributed by atoms with Crippen molar-refractivity contribution in [2.75, 3.05) is 7.05 Å². The molecule has 1 fully saturated rings. The van der Waals surface area contributed by atoms with Gasteiger partial charge in [0, 0.05) is 7.05 Å². The minimum absolute atomic E-state index is 0.100. The lowest BCUT2D eigenvalue weighted by atomic mass is 9.81. The molecule has 1 saturated carbocycles. The van der Waals surface area contributed by atoms with Crippen LogP contribution >= 0.6 is 0 Å². The summed E-state index contributed by atoms with van der Waals surface area (Å²) >= 11 is 0. The standard InChI is InChI=1S/C10H16N2O/c1-12-9(13)10(8-11)6-4-2-3-5-7-10/h2-7H2,1H3,(H,12,13). The van der Waals surface area contributed by atoms with Gasteiger partial charge in [-0.2, -0.15) is 5.26 Å². The normalized spacial score (nSPS) is 21.2. The highest BCUT2D eigenvalue weighted by Gasteiger charge is 2.37. The largest absolute Gasteiger partial charge is 0.358 e. The molecule has 0 aromatic rings. The number of carbonyl (C=O) groups is 1. The smallest absolute Gasteiger partial charge is 0.240 e. The van der Waals surface area contributed by atoms with Crippen LogP contribution in [0.4, 0.5) is 0 Å². The number of amides is 1. The van der Waals surface area contributed by atoms with E-state index in [-0.39, 0.29) is 5.91 Å². The molecule has 0 saturated heterocycles. The van der Waals surface area contributed by atoms with E-state index in [4.69, 9.17) is 5.26 Å². The first-order valence-corrected chi connectivity index (χ1v) is 4.88. The summed E-state index contributed by atoms with van der Waals surface area (Å²) in [5, 5.41) is 11.6. The third-order valence-corrected chi connectivity index (χ3v) is 2.83. The first kappa shape index (κ1) is 10.0. The molecule has 72 valence electrons.